The van der Waals surface area contributed by atoms with Gasteiger partial charge in [-0.15, -0.1) is 0 Å². The van der Waals surface area contributed by atoms with Crippen LogP contribution in [-0.4, -0.2) is 22.0 Å². The summed E-state index contributed by atoms with van der Waals surface area (Å²) in [6, 6.07) is 0. The zero-order valence-electron chi connectivity index (χ0n) is 7.64. The van der Waals surface area contributed by atoms with Crippen molar-refractivity contribution in [3.8, 4) is 0 Å². The summed E-state index contributed by atoms with van der Waals surface area (Å²) < 4.78 is 0. The van der Waals surface area contributed by atoms with E-state index in [1.165, 1.54) is 13.8 Å². The molecule has 0 amide bonds. The zero-order chi connectivity index (χ0) is 9.28. The van der Waals surface area contributed by atoms with E-state index < -0.39 is 11.1 Å². The maximum atomic E-state index is 11.2. The predicted molar refractivity (Wildman–Crippen MR) is 44.2 cm³/mol. The summed E-state index contributed by atoms with van der Waals surface area (Å²) in [5, 5.41) is 9.24. The molecule has 0 fully saturated rings. The molecule has 3 heteroatoms. The Morgan fingerprint density at radius 1 is 1.36 bits per heavy atom. The Morgan fingerprint density at radius 2 is 1.73 bits per heavy atom. The summed E-state index contributed by atoms with van der Waals surface area (Å²) >= 11 is 0. The molecule has 0 aliphatic rings. The number of carbonyl (C=O) groups excluding carboxylic acids is 1. The topological polar surface area (TPSA) is 63.3 Å². The molecule has 66 valence electrons. The molecule has 0 unspecified atom stereocenters. The average Bonchev–Trinajstić information content (AvgIpc) is 1.56. The van der Waals surface area contributed by atoms with Crippen molar-refractivity contribution in [2.75, 3.05) is 0 Å². The van der Waals surface area contributed by atoms with E-state index in [-0.39, 0.29) is 12.2 Å². The predicted octanol–water partition coefficient (Wildman–Crippen LogP) is 0.454. The number of ketones is 1. The van der Waals surface area contributed by atoms with Crippen LogP contribution in [0.25, 0.3) is 0 Å². The average molecular weight is 159 g/mol. The Balaban J connectivity index is 4.11. The molecule has 0 aromatic heterocycles. The van der Waals surface area contributed by atoms with Crippen LogP contribution in [0.1, 0.15) is 34.1 Å². The Bertz CT molecular complexity index is 150. The molecule has 11 heavy (non-hydrogen) atoms. The lowest BCUT2D eigenvalue weighted by Gasteiger charge is -2.22. The molecule has 0 radical (unpaired) electrons. The van der Waals surface area contributed by atoms with Gasteiger partial charge < -0.3 is 10.8 Å². The third kappa shape index (κ3) is 4.93. The van der Waals surface area contributed by atoms with E-state index in [1.807, 2.05) is 0 Å². The van der Waals surface area contributed by atoms with Gasteiger partial charge in [-0.25, -0.2) is 0 Å². The summed E-state index contributed by atoms with van der Waals surface area (Å²) in [5.41, 5.74) is 3.82. The van der Waals surface area contributed by atoms with Gasteiger partial charge in [0, 0.05) is 12.0 Å². The normalized spacial score (nSPS) is 13.3. The summed E-state index contributed by atoms with van der Waals surface area (Å²) in [6.45, 7) is 6.47. The standard InChI is InChI=1S/C8H17NO2/c1-7(2,9)5-6(10)8(3,4)11/h11H,5,9H2,1-4H3. The van der Waals surface area contributed by atoms with Crippen LogP contribution in [-0.2, 0) is 4.79 Å². The maximum Gasteiger partial charge on any atom is 0.165 e. The molecule has 0 atom stereocenters. The highest BCUT2D eigenvalue weighted by Gasteiger charge is 2.27. The number of Topliss-reactive ketones (excluding diaryl/α,β-unsaturated/α-hetero) is 1. The number of carbonyl (C=O) groups is 1. The molecule has 0 aromatic rings. The lowest BCUT2D eigenvalue weighted by molar-refractivity contribution is -0.135. The van der Waals surface area contributed by atoms with Crippen LogP contribution in [0.3, 0.4) is 0 Å². The summed E-state index contributed by atoms with van der Waals surface area (Å²) in [4.78, 5) is 11.2. The van der Waals surface area contributed by atoms with E-state index in [1.54, 1.807) is 13.8 Å². The largest absolute Gasteiger partial charge is 0.383 e. The third-order valence-corrected chi connectivity index (χ3v) is 1.30. The molecule has 3 nitrogen and oxygen atoms in total. The van der Waals surface area contributed by atoms with E-state index in [0.717, 1.165) is 0 Å². The molecule has 0 rings (SSSR count). The van der Waals surface area contributed by atoms with Crippen molar-refractivity contribution in [2.24, 2.45) is 5.73 Å². The van der Waals surface area contributed by atoms with Crippen molar-refractivity contribution in [1.82, 2.24) is 0 Å². The number of hydrogen-bond donors (Lipinski definition) is 2. The van der Waals surface area contributed by atoms with E-state index >= 15 is 0 Å². The Hall–Kier alpha value is -0.410. The van der Waals surface area contributed by atoms with Gasteiger partial charge in [0.1, 0.15) is 5.60 Å². The molecule has 0 bridgehead atoms. The van der Waals surface area contributed by atoms with Crippen LogP contribution in [0, 0.1) is 0 Å². The van der Waals surface area contributed by atoms with Crippen LogP contribution in [0.5, 0.6) is 0 Å². The Kier molecular flexibility index (Phi) is 2.80. The van der Waals surface area contributed by atoms with Gasteiger partial charge in [-0.2, -0.15) is 0 Å². The molecule has 0 heterocycles. The van der Waals surface area contributed by atoms with Crippen LogP contribution in [0.2, 0.25) is 0 Å². The second-order valence-electron chi connectivity index (χ2n) is 4.15. The van der Waals surface area contributed by atoms with Crippen LogP contribution < -0.4 is 5.73 Å². The molecule has 3 N–H and O–H groups in total. The number of rotatable bonds is 3. The van der Waals surface area contributed by atoms with Gasteiger partial charge in [-0.1, -0.05) is 0 Å². The van der Waals surface area contributed by atoms with Gasteiger partial charge in [0.2, 0.25) is 0 Å². The second kappa shape index (κ2) is 2.91. The Labute approximate surface area is 67.6 Å². The molecule has 0 saturated carbocycles. The molecule has 0 spiro atoms. The molecular weight excluding hydrogens is 142 g/mol. The first-order valence-electron chi connectivity index (χ1n) is 3.67. The van der Waals surface area contributed by atoms with E-state index in [2.05, 4.69) is 0 Å². The summed E-state index contributed by atoms with van der Waals surface area (Å²) in [7, 11) is 0. The summed E-state index contributed by atoms with van der Waals surface area (Å²) in [6.07, 6.45) is 0.205. The van der Waals surface area contributed by atoms with Crippen LogP contribution >= 0.6 is 0 Å². The first-order valence-corrected chi connectivity index (χ1v) is 3.67. The fourth-order valence-corrected chi connectivity index (χ4v) is 0.630. The van der Waals surface area contributed by atoms with Gasteiger partial charge in [-0.05, 0) is 27.7 Å². The second-order valence-corrected chi connectivity index (χ2v) is 4.15. The van der Waals surface area contributed by atoms with Gasteiger partial charge in [0.15, 0.2) is 5.78 Å². The van der Waals surface area contributed by atoms with E-state index in [0.29, 0.717) is 0 Å². The van der Waals surface area contributed by atoms with Crippen molar-refractivity contribution in [1.29, 1.82) is 0 Å². The first-order chi connectivity index (χ1) is 4.63. The van der Waals surface area contributed by atoms with E-state index in [4.69, 9.17) is 5.73 Å². The monoisotopic (exact) mass is 159 g/mol. The minimum Gasteiger partial charge on any atom is -0.383 e. The fourth-order valence-electron chi connectivity index (χ4n) is 0.630. The minimum absolute atomic E-state index is 0.205. The fraction of sp³-hybridized carbons (Fsp3) is 0.875. The van der Waals surface area contributed by atoms with Crippen LogP contribution in [0.15, 0.2) is 0 Å². The highest BCUT2D eigenvalue weighted by Crippen LogP contribution is 2.12. The lowest BCUT2D eigenvalue weighted by Crippen LogP contribution is -2.41. The number of nitrogens with two attached hydrogens (primary N) is 1. The smallest absolute Gasteiger partial charge is 0.165 e. The maximum absolute atomic E-state index is 11.2. The molecule has 0 aliphatic heterocycles. The van der Waals surface area contributed by atoms with Crippen molar-refractivity contribution in [2.45, 2.75) is 45.3 Å². The number of hydrogen-bond acceptors (Lipinski definition) is 3. The third-order valence-electron chi connectivity index (χ3n) is 1.30. The van der Waals surface area contributed by atoms with Gasteiger partial charge in [0.25, 0.3) is 0 Å². The molecule has 0 saturated heterocycles. The summed E-state index contributed by atoms with van der Waals surface area (Å²) in [5.74, 6) is -0.218. The quantitative estimate of drug-likeness (QED) is 0.628. The molecule has 0 aliphatic carbocycles. The van der Waals surface area contributed by atoms with E-state index in [9.17, 15) is 9.90 Å². The van der Waals surface area contributed by atoms with Crippen molar-refractivity contribution in [3.63, 3.8) is 0 Å². The zero-order valence-corrected chi connectivity index (χ0v) is 7.64. The SMILES string of the molecule is CC(C)(N)CC(=O)C(C)(C)O. The van der Waals surface area contributed by atoms with Gasteiger partial charge in [0.05, 0.1) is 0 Å². The van der Waals surface area contributed by atoms with Crippen molar-refractivity contribution >= 4 is 5.78 Å². The van der Waals surface area contributed by atoms with Gasteiger partial charge in [-0.3, -0.25) is 4.79 Å². The van der Waals surface area contributed by atoms with Gasteiger partial charge >= 0.3 is 0 Å². The highest BCUT2D eigenvalue weighted by atomic mass is 16.3. The molecule has 0 aromatic carbocycles. The van der Waals surface area contributed by atoms with Crippen molar-refractivity contribution in [3.05, 3.63) is 0 Å². The molecular formula is C8H17NO2. The van der Waals surface area contributed by atoms with Crippen LogP contribution in [0.4, 0.5) is 0 Å². The number of aliphatic hydroxyl groups is 1. The Morgan fingerprint density at radius 3 is 1.82 bits per heavy atom. The minimum atomic E-state index is -1.25. The van der Waals surface area contributed by atoms with Crippen molar-refractivity contribution < 1.29 is 9.90 Å². The highest BCUT2D eigenvalue weighted by molar-refractivity contribution is 5.86. The lowest BCUT2D eigenvalue weighted by atomic mass is 9.91. The first kappa shape index (κ1) is 10.6.